The summed E-state index contributed by atoms with van der Waals surface area (Å²) in [5, 5.41) is 3.47. The smallest absolute Gasteiger partial charge is 0.133 e. The Balaban J connectivity index is 2.47. The Labute approximate surface area is 123 Å². The number of nitrogens with zero attached hydrogens (tertiary/aromatic N) is 1. The predicted octanol–water partition coefficient (Wildman–Crippen LogP) is 3.02. The molecule has 1 rings (SSSR count). The molecule has 0 bridgehead atoms. The Hall–Kier alpha value is -0.840. The van der Waals surface area contributed by atoms with Gasteiger partial charge < -0.3 is 19.4 Å². The molecule has 116 valence electrons. The van der Waals surface area contributed by atoms with E-state index in [4.69, 9.17) is 9.15 Å². The van der Waals surface area contributed by atoms with Crippen LogP contribution < -0.4 is 5.32 Å². The minimum Gasteiger partial charge on any atom is -0.467 e. The zero-order valence-electron chi connectivity index (χ0n) is 14.0. The number of furan rings is 1. The van der Waals surface area contributed by atoms with E-state index in [1.807, 2.05) is 6.07 Å². The first-order chi connectivity index (χ1) is 9.12. The Bertz CT molecular complexity index is 403. The molecule has 0 atom stereocenters. The van der Waals surface area contributed by atoms with Crippen molar-refractivity contribution in [2.75, 3.05) is 20.7 Å². The second-order valence-electron chi connectivity index (χ2n) is 7.17. The van der Waals surface area contributed by atoms with Gasteiger partial charge in [-0.15, -0.1) is 0 Å². The van der Waals surface area contributed by atoms with Crippen LogP contribution in [0.5, 0.6) is 0 Å². The predicted molar refractivity (Wildman–Crippen MR) is 82.7 cm³/mol. The lowest BCUT2D eigenvalue weighted by Gasteiger charge is -2.32. The van der Waals surface area contributed by atoms with Crippen molar-refractivity contribution in [3.05, 3.63) is 23.7 Å². The van der Waals surface area contributed by atoms with Crippen molar-refractivity contribution in [2.24, 2.45) is 0 Å². The fourth-order valence-electron chi connectivity index (χ4n) is 1.53. The van der Waals surface area contributed by atoms with Gasteiger partial charge in [0.15, 0.2) is 0 Å². The molecule has 0 amide bonds. The molecule has 0 saturated heterocycles. The number of hydrogen-bond acceptors (Lipinski definition) is 4. The summed E-state index contributed by atoms with van der Waals surface area (Å²) in [6.45, 7) is 12.8. The van der Waals surface area contributed by atoms with E-state index in [0.29, 0.717) is 13.2 Å². The van der Waals surface area contributed by atoms with E-state index in [-0.39, 0.29) is 11.1 Å². The van der Waals surface area contributed by atoms with Gasteiger partial charge >= 0.3 is 0 Å². The van der Waals surface area contributed by atoms with Gasteiger partial charge in [0.25, 0.3) is 0 Å². The third kappa shape index (κ3) is 5.65. The first kappa shape index (κ1) is 17.2. The largest absolute Gasteiger partial charge is 0.467 e. The minimum absolute atomic E-state index is 0.0242. The molecule has 1 aromatic rings. The summed E-state index contributed by atoms with van der Waals surface area (Å²) >= 11 is 0. The molecular formula is C16H30N2O2. The van der Waals surface area contributed by atoms with Crippen LogP contribution in [0.25, 0.3) is 0 Å². The molecule has 0 saturated carbocycles. The molecule has 1 aromatic heterocycles. The van der Waals surface area contributed by atoms with Crippen LogP contribution in [0.1, 0.15) is 45.9 Å². The Morgan fingerprint density at radius 2 is 1.85 bits per heavy atom. The fourth-order valence-corrected chi connectivity index (χ4v) is 1.53. The molecule has 1 N–H and O–H groups in total. The molecule has 1 heterocycles. The Morgan fingerprint density at radius 3 is 2.40 bits per heavy atom. The van der Waals surface area contributed by atoms with Gasteiger partial charge in [-0.25, -0.2) is 0 Å². The first-order valence-corrected chi connectivity index (χ1v) is 7.17. The van der Waals surface area contributed by atoms with E-state index in [1.54, 1.807) is 6.26 Å². The van der Waals surface area contributed by atoms with Crippen LogP contribution in [-0.4, -0.2) is 36.7 Å². The second kappa shape index (κ2) is 6.74. The average molecular weight is 282 g/mol. The van der Waals surface area contributed by atoms with Crippen LogP contribution in [0, 0.1) is 0 Å². The van der Waals surface area contributed by atoms with Crippen molar-refractivity contribution in [3.8, 4) is 0 Å². The molecule has 0 unspecified atom stereocenters. The Kier molecular flexibility index (Phi) is 5.80. The summed E-state index contributed by atoms with van der Waals surface area (Å²) in [5.74, 6) is 0.913. The van der Waals surface area contributed by atoms with Gasteiger partial charge in [0, 0.05) is 23.2 Å². The highest BCUT2D eigenvalue weighted by molar-refractivity contribution is 5.16. The van der Waals surface area contributed by atoms with Crippen LogP contribution in [0.2, 0.25) is 0 Å². The molecular weight excluding hydrogens is 252 g/mol. The van der Waals surface area contributed by atoms with Crippen LogP contribution in [0.15, 0.2) is 16.7 Å². The van der Waals surface area contributed by atoms with Gasteiger partial charge in [-0.2, -0.15) is 0 Å². The van der Waals surface area contributed by atoms with E-state index < -0.39 is 0 Å². The summed E-state index contributed by atoms with van der Waals surface area (Å²) in [4.78, 5) is 2.16. The highest BCUT2D eigenvalue weighted by Gasteiger charge is 2.21. The summed E-state index contributed by atoms with van der Waals surface area (Å²) in [6.07, 6.45) is 1.73. The van der Waals surface area contributed by atoms with Crippen LogP contribution >= 0.6 is 0 Å². The number of ether oxygens (including phenoxy) is 1. The van der Waals surface area contributed by atoms with Crippen LogP contribution in [-0.2, 0) is 17.9 Å². The van der Waals surface area contributed by atoms with Crippen LogP contribution in [0.3, 0.4) is 0 Å². The summed E-state index contributed by atoms with van der Waals surface area (Å²) in [6, 6.07) is 2.01. The molecule has 0 aromatic carbocycles. The number of nitrogens with one attached hydrogen (secondary N) is 1. The lowest BCUT2D eigenvalue weighted by Crippen LogP contribution is -2.42. The maximum Gasteiger partial charge on any atom is 0.133 e. The molecule has 0 fully saturated rings. The maximum atomic E-state index is 5.81. The second-order valence-corrected chi connectivity index (χ2v) is 7.17. The van der Waals surface area contributed by atoms with E-state index in [1.165, 1.54) is 5.56 Å². The van der Waals surface area contributed by atoms with Crippen molar-refractivity contribution < 1.29 is 9.15 Å². The molecule has 4 heteroatoms. The van der Waals surface area contributed by atoms with E-state index in [2.05, 4.69) is 58.9 Å². The van der Waals surface area contributed by atoms with Gasteiger partial charge in [0.2, 0.25) is 0 Å². The molecule has 0 radical (unpaired) electrons. The monoisotopic (exact) mass is 282 g/mol. The third-order valence-electron chi connectivity index (χ3n) is 3.55. The molecule has 0 spiro atoms. The zero-order valence-corrected chi connectivity index (χ0v) is 14.0. The molecule has 0 aliphatic heterocycles. The van der Waals surface area contributed by atoms with Crippen molar-refractivity contribution in [1.82, 2.24) is 10.2 Å². The van der Waals surface area contributed by atoms with Crippen LogP contribution in [0.4, 0.5) is 0 Å². The standard InChI is InChI=1S/C16H30N2O2/c1-15(2,3)17-10-13-8-9-20-14(13)11-19-12-16(4,5)18(6)7/h8-9,17H,10-12H2,1-7H3. The number of rotatable bonds is 7. The topological polar surface area (TPSA) is 37.6 Å². The minimum atomic E-state index is 0.0242. The van der Waals surface area contributed by atoms with Gasteiger partial charge in [-0.1, -0.05) is 0 Å². The van der Waals surface area contributed by atoms with E-state index >= 15 is 0 Å². The molecule has 0 aliphatic carbocycles. The van der Waals surface area contributed by atoms with E-state index in [9.17, 15) is 0 Å². The molecule has 20 heavy (non-hydrogen) atoms. The SMILES string of the molecule is CN(C)C(C)(C)COCc1occc1CNC(C)(C)C. The zero-order chi connectivity index (χ0) is 15.4. The van der Waals surface area contributed by atoms with Crippen molar-refractivity contribution >= 4 is 0 Å². The highest BCUT2D eigenvalue weighted by Crippen LogP contribution is 2.16. The Morgan fingerprint density at radius 1 is 1.20 bits per heavy atom. The van der Waals surface area contributed by atoms with Gasteiger partial charge in [-0.05, 0) is 54.8 Å². The third-order valence-corrected chi connectivity index (χ3v) is 3.55. The quantitative estimate of drug-likeness (QED) is 0.834. The molecule has 4 nitrogen and oxygen atoms in total. The fraction of sp³-hybridized carbons (Fsp3) is 0.750. The van der Waals surface area contributed by atoms with Crippen molar-refractivity contribution in [1.29, 1.82) is 0 Å². The van der Waals surface area contributed by atoms with Gasteiger partial charge in [0.1, 0.15) is 12.4 Å². The number of likely N-dealkylation sites (N-methyl/N-ethyl adjacent to an activating group) is 1. The lowest BCUT2D eigenvalue weighted by molar-refractivity contribution is 0.0205. The summed E-state index contributed by atoms with van der Waals surface area (Å²) in [7, 11) is 4.13. The van der Waals surface area contributed by atoms with Crippen molar-refractivity contribution in [2.45, 2.75) is 58.8 Å². The first-order valence-electron chi connectivity index (χ1n) is 7.17. The van der Waals surface area contributed by atoms with Gasteiger partial charge in [0.05, 0.1) is 12.9 Å². The maximum absolute atomic E-state index is 5.81. The summed E-state index contributed by atoms with van der Waals surface area (Å²) < 4.78 is 11.3. The van der Waals surface area contributed by atoms with Crippen molar-refractivity contribution in [3.63, 3.8) is 0 Å². The number of hydrogen-bond donors (Lipinski definition) is 1. The highest BCUT2D eigenvalue weighted by atomic mass is 16.5. The normalized spacial score (nSPS) is 13.2. The lowest BCUT2D eigenvalue weighted by atomic mass is 10.1. The average Bonchev–Trinajstić information content (AvgIpc) is 2.72. The summed E-state index contributed by atoms with van der Waals surface area (Å²) in [5.41, 5.74) is 1.29. The molecule has 0 aliphatic rings. The van der Waals surface area contributed by atoms with E-state index in [0.717, 1.165) is 12.3 Å². The van der Waals surface area contributed by atoms with Gasteiger partial charge in [-0.3, -0.25) is 0 Å².